The van der Waals surface area contributed by atoms with Gasteiger partial charge in [-0.3, -0.25) is 0 Å². The lowest BCUT2D eigenvalue weighted by Gasteiger charge is -2.34. The first kappa shape index (κ1) is 14.5. The molecule has 0 unspecified atom stereocenters. The van der Waals surface area contributed by atoms with Crippen LogP contribution in [0.15, 0.2) is 91.0 Å². The molecule has 0 aliphatic heterocycles. The predicted octanol–water partition coefficient (Wildman–Crippen LogP) is 4.92. The standard InChI is InChI=1S/C20H17FO/c21-16-22-20(17-10-4-1-5-11-17,18-12-6-2-7-13-18)19-14-8-3-9-15-19/h1-15H,16H2. The second-order valence-corrected chi connectivity index (χ2v) is 5.03. The summed E-state index contributed by atoms with van der Waals surface area (Å²) < 4.78 is 19.0. The number of alkyl halides is 1. The summed E-state index contributed by atoms with van der Waals surface area (Å²) in [6, 6.07) is 29.3. The molecule has 2 heteroatoms. The molecule has 3 aromatic carbocycles. The maximum Gasteiger partial charge on any atom is 0.190 e. The molecule has 0 amide bonds. The zero-order chi connectivity index (χ0) is 15.3. The van der Waals surface area contributed by atoms with Gasteiger partial charge in [-0.15, -0.1) is 0 Å². The Balaban J connectivity index is 2.29. The molecule has 0 N–H and O–H groups in total. The molecule has 3 rings (SSSR count). The third-order valence-corrected chi connectivity index (χ3v) is 3.81. The number of rotatable bonds is 5. The van der Waals surface area contributed by atoms with E-state index in [4.69, 9.17) is 4.74 Å². The van der Waals surface area contributed by atoms with E-state index in [2.05, 4.69) is 0 Å². The Bertz CT molecular complexity index is 599. The minimum atomic E-state index is -0.946. The summed E-state index contributed by atoms with van der Waals surface area (Å²) in [5.41, 5.74) is 1.78. The van der Waals surface area contributed by atoms with Crippen molar-refractivity contribution < 1.29 is 9.13 Å². The molecule has 0 aliphatic carbocycles. The third kappa shape index (κ3) is 2.53. The molecule has 0 fully saturated rings. The van der Waals surface area contributed by atoms with Crippen molar-refractivity contribution in [3.63, 3.8) is 0 Å². The Kier molecular flexibility index (Phi) is 4.31. The van der Waals surface area contributed by atoms with E-state index in [1.54, 1.807) is 0 Å². The van der Waals surface area contributed by atoms with E-state index < -0.39 is 12.5 Å². The van der Waals surface area contributed by atoms with E-state index in [1.807, 2.05) is 91.0 Å². The van der Waals surface area contributed by atoms with Crippen molar-refractivity contribution in [3.8, 4) is 0 Å². The lowest BCUT2D eigenvalue weighted by atomic mass is 9.80. The second-order valence-electron chi connectivity index (χ2n) is 5.03. The van der Waals surface area contributed by atoms with Crippen LogP contribution in [-0.2, 0) is 10.3 Å². The lowest BCUT2D eigenvalue weighted by Crippen LogP contribution is -2.32. The highest BCUT2D eigenvalue weighted by Crippen LogP contribution is 2.40. The van der Waals surface area contributed by atoms with Crippen molar-refractivity contribution >= 4 is 0 Å². The SMILES string of the molecule is FCOC(c1ccccc1)(c1ccccc1)c1ccccc1. The quantitative estimate of drug-likeness (QED) is 0.606. The van der Waals surface area contributed by atoms with Gasteiger partial charge in [-0.05, 0) is 16.7 Å². The van der Waals surface area contributed by atoms with Crippen LogP contribution >= 0.6 is 0 Å². The zero-order valence-electron chi connectivity index (χ0n) is 12.2. The second kappa shape index (κ2) is 6.54. The van der Waals surface area contributed by atoms with Gasteiger partial charge in [0.05, 0.1) is 0 Å². The van der Waals surface area contributed by atoms with Crippen LogP contribution in [0.4, 0.5) is 4.39 Å². The van der Waals surface area contributed by atoms with Gasteiger partial charge in [0.2, 0.25) is 0 Å². The fourth-order valence-electron chi connectivity index (χ4n) is 2.85. The first-order valence-corrected chi connectivity index (χ1v) is 7.24. The van der Waals surface area contributed by atoms with Gasteiger partial charge in [0.15, 0.2) is 6.86 Å². The van der Waals surface area contributed by atoms with Gasteiger partial charge in [0.1, 0.15) is 5.60 Å². The fraction of sp³-hybridized carbons (Fsp3) is 0.100. The number of halogens is 1. The van der Waals surface area contributed by atoms with Crippen molar-refractivity contribution in [1.29, 1.82) is 0 Å². The monoisotopic (exact) mass is 292 g/mol. The third-order valence-electron chi connectivity index (χ3n) is 3.81. The maximum absolute atomic E-state index is 13.3. The van der Waals surface area contributed by atoms with E-state index in [-0.39, 0.29) is 0 Å². The normalized spacial score (nSPS) is 11.3. The molecular weight excluding hydrogens is 275 g/mol. The van der Waals surface area contributed by atoms with E-state index in [0.717, 1.165) is 16.7 Å². The Morgan fingerprint density at radius 1 is 0.591 bits per heavy atom. The first-order valence-electron chi connectivity index (χ1n) is 7.24. The van der Waals surface area contributed by atoms with Gasteiger partial charge in [0.25, 0.3) is 0 Å². The summed E-state index contributed by atoms with van der Waals surface area (Å²) in [6.07, 6.45) is 0. The van der Waals surface area contributed by atoms with E-state index >= 15 is 0 Å². The largest absolute Gasteiger partial charge is 0.330 e. The average Bonchev–Trinajstić information content (AvgIpc) is 2.62. The van der Waals surface area contributed by atoms with Crippen molar-refractivity contribution in [2.24, 2.45) is 0 Å². The van der Waals surface area contributed by atoms with Crippen molar-refractivity contribution in [3.05, 3.63) is 108 Å². The van der Waals surface area contributed by atoms with Crippen LogP contribution in [0.5, 0.6) is 0 Å². The van der Waals surface area contributed by atoms with Crippen LogP contribution in [0.25, 0.3) is 0 Å². The Labute approximate surface area is 130 Å². The average molecular weight is 292 g/mol. The minimum absolute atomic E-state index is 0.862. The molecule has 0 atom stereocenters. The molecule has 22 heavy (non-hydrogen) atoms. The molecule has 0 spiro atoms. The van der Waals surface area contributed by atoms with E-state index in [0.29, 0.717) is 0 Å². The highest BCUT2D eigenvalue weighted by molar-refractivity contribution is 5.47. The number of hydrogen-bond acceptors (Lipinski definition) is 1. The molecule has 0 saturated carbocycles. The van der Waals surface area contributed by atoms with Crippen molar-refractivity contribution in [1.82, 2.24) is 0 Å². The Morgan fingerprint density at radius 3 is 1.18 bits per heavy atom. The Hall–Kier alpha value is -2.45. The van der Waals surface area contributed by atoms with Crippen LogP contribution in [0.1, 0.15) is 16.7 Å². The van der Waals surface area contributed by atoms with Crippen molar-refractivity contribution in [2.45, 2.75) is 5.60 Å². The molecule has 0 saturated heterocycles. The minimum Gasteiger partial charge on any atom is -0.330 e. The van der Waals surface area contributed by atoms with Gasteiger partial charge < -0.3 is 4.74 Å². The first-order chi connectivity index (χ1) is 10.9. The van der Waals surface area contributed by atoms with Crippen LogP contribution in [0.3, 0.4) is 0 Å². The summed E-state index contributed by atoms with van der Waals surface area (Å²) in [6.45, 7) is -0.862. The molecule has 0 radical (unpaired) electrons. The van der Waals surface area contributed by atoms with Gasteiger partial charge >= 0.3 is 0 Å². The summed E-state index contributed by atoms with van der Waals surface area (Å²) in [5, 5.41) is 0. The molecule has 110 valence electrons. The fourth-order valence-corrected chi connectivity index (χ4v) is 2.85. The Morgan fingerprint density at radius 2 is 0.909 bits per heavy atom. The smallest absolute Gasteiger partial charge is 0.190 e. The zero-order valence-corrected chi connectivity index (χ0v) is 12.2. The van der Waals surface area contributed by atoms with Crippen LogP contribution in [0.2, 0.25) is 0 Å². The number of benzene rings is 3. The lowest BCUT2D eigenvalue weighted by molar-refractivity contribution is -0.0384. The maximum atomic E-state index is 13.3. The number of hydrogen-bond donors (Lipinski definition) is 0. The van der Waals surface area contributed by atoms with Crippen LogP contribution in [-0.4, -0.2) is 6.86 Å². The summed E-state index contributed by atoms with van der Waals surface area (Å²) in [4.78, 5) is 0. The molecule has 3 aromatic rings. The van der Waals surface area contributed by atoms with Gasteiger partial charge in [-0.1, -0.05) is 91.0 Å². The predicted molar refractivity (Wildman–Crippen MR) is 86.3 cm³/mol. The summed E-state index contributed by atoms with van der Waals surface area (Å²) >= 11 is 0. The number of ether oxygens (including phenoxy) is 1. The van der Waals surface area contributed by atoms with Crippen LogP contribution < -0.4 is 0 Å². The highest BCUT2D eigenvalue weighted by Gasteiger charge is 2.37. The van der Waals surface area contributed by atoms with Gasteiger partial charge in [-0.2, -0.15) is 0 Å². The molecule has 0 heterocycles. The van der Waals surface area contributed by atoms with Gasteiger partial charge in [-0.25, -0.2) is 4.39 Å². The molecule has 0 aliphatic rings. The summed E-state index contributed by atoms with van der Waals surface area (Å²) in [5.74, 6) is 0. The molecule has 1 nitrogen and oxygen atoms in total. The van der Waals surface area contributed by atoms with Crippen molar-refractivity contribution in [2.75, 3.05) is 6.86 Å². The van der Waals surface area contributed by atoms with Gasteiger partial charge in [0, 0.05) is 0 Å². The van der Waals surface area contributed by atoms with E-state index in [9.17, 15) is 4.39 Å². The highest BCUT2D eigenvalue weighted by atomic mass is 19.1. The molecular formula is C20H17FO. The van der Waals surface area contributed by atoms with E-state index in [1.165, 1.54) is 0 Å². The molecule has 0 aromatic heterocycles. The topological polar surface area (TPSA) is 9.23 Å². The van der Waals surface area contributed by atoms with Crippen LogP contribution in [0, 0.1) is 0 Å². The molecule has 0 bridgehead atoms. The summed E-state index contributed by atoms with van der Waals surface area (Å²) in [7, 11) is 0.